The van der Waals surface area contributed by atoms with E-state index in [1.54, 1.807) is 0 Å². The molecule has 0 spiro atoms. The minimum atomic E-state index is 0.375. The quantitative estimate of drug-likeness (QED) is 0.825. The molecule has 0 saturated carbocycles. The molecule has 1 N–H and O–H groups in total. The minimum absolute atomic E-state index is 0.375. The van der Waals surface area contributed by atoms with Gasteiger partial charge in [0.25, 0.3) is 0 Å². The van der Waals surface area contributed by atoms with Gasteiger partial charge in [-0.2, -0.15) is 0 Å². The average Bonchev–Trinajstić information content (AvgIpc) is 2.47. The molecule has 0 fully saturated rings. The van der Waals surface area contributed by atoms with Gasteiger partial charge >= 0.3 is 0 Å². The van der Waals surface area contributed by atoms with Crippen LogP contribution in [0.25, 0.3) is 0 Å². The largest absolute Gasteiger partial charge is 0.313 e. The van der Waals surface area contributed by atoms with E-state index in [2.05, 4.69) is 52.1 Å². The fourth-order valence-corrected chi connectivity index (χ4v) is 2.47. The van der Waals surface area contributed by atoms with E-state index in [0.717, 1.165) is 13.0 Å². The Morgan fingerprint density at radius 2 is 2.00 bits per heavy atom. The Bertz CT molecular complexity index is 296. The van der Waals surface area contributed by atoms with Crippen molar-refractivity contribution in [1.82, 2.24) is 5.32 Å². The summed E-state index contributed by atoms with van der Waals surface area (Å²) in [6.07, 6.45) is 1.15. The first kappa shape index (κ1) is 12.7. The molecule has 0 amide bonds. The van der Waals surface area contributed by atoms with Gasteiger partial charge in [0.2, 0.25) is 0 Å². The van der Waals surface area contributed by atoms with Crippen molar-refractivity contribution in [2.75, 3.05) is 6.54 Å². The van der Waals surface area contributed by atoms with Crippen LogP contribution in [0.3, 0.4) is 0 Å². The topological polar surface area (TPSA) is 12.0 Å². The molecule has 1 unspecified atom stereocenters. The smallest absolute Gasteiger partial charge is 0.00872 e. The lowest BCUT2D eigenvalue weighted by atomic mass is 9.96. The van der Waals surface area contributed by atoms with Crippen molar-refractivity contribution in [3.05, 3.63) is 21.9 Å². The Morgan fingerprint density at radius 3 is 2.47 bits per heavy atom. The molecule has 1 aromatic heterocycles. The molecule has 0 aliphatic heterocycles. The predicted molar refractivity (Wildman–Crippen MR) is 69.7 cm³/mol. The maximum atomic E-state index is 3.59. The van der Waals surface area contributed by atoms with Crippen LogP contribution in [-0.4, -0.2) is 12.6 Å². The van der Waals surface area contributed by atoms with Gasteiger partial charge < -0.3 is 5.32 Å². The Morgan fingerprint density at radius 1 is 1.33 bits per heavy atom. The third-order valence-electron chi connectivity index (χ3n) is 2.28. The summed E-state index contributed by atoms with van der Waals surface area (Å²) in [6, 6.07) is 5.02. The van der Waals surface area contributed by atoms with Gasteiger partial charge in [0.05, 0.1) is 0 Å². The molecule has 1 rings (SSSR count). The van der Waals surface area contributed by atoms with Crippen molar-refractivity contribution in [3.63, 3.8) is 0 Å². The van der Waals surface area contributed by atoms with Gasteiger partial charge in [-0.3, -0.25) is 0 Å². The molecule has 1 aromatic rings. The Hall–Kier alpha value is -0.340. The van der Waals surface area contributed by atoms with Crippen LogP contribution in [0, 0.1) is 12.3 Å². The second-order valence-corrected chi connectivity index (χ2v) is 6.93. The van der Waals surface area contributed by atoms with E-state index in [1.165, 1.54) is 9.75 Å². The van der Waals surface area contributed by atoms with Crippen molar-refractivity contribution in [1.29, 1.82) is 0 Å². The number of rotatable bonds is 4. The van der Waals surface area contributed by atoms with Crippen LogP contribution in [0.15, 0.2) is 12.1 Å². The maximum Gasteiger partial charge on any atom is 0.00872 e. The lowest BCUT2D eigenvalue weighted by Crippen LogP contribution is -2.35. The summed E-state index contributed by atoms with van der Waals surface area (Å²) in [5, 5.41) is 3.59. The van der Waals surface area contributed by atoms with Gasteiger partial charge in [0.15, 0.2) is 0 Å². The summed E-state index contributed by atoms with van der Waals surface area (Å²) in [4.78, 5) is 2.90. The molecule has 15 heavy (non-hydrogen) atoms. The summed E-state index contributed by atoms with van der Waals surface area (Å²) >= 11 is 1.91. The van der Waals surface area contributed by atoms with Crippen LogP contribution in [0.4, 0.5) is 0 Å². The highest BCUT2D eigenvalue weighted by Gasteiger charge is 2.12. The van der Waals surface area contributed by atoms with Crippen LogP contribution in [-0.2, 0) is 6.42 Å². The third-order valence-corrected chi connectivity index (χ3v) is 3.31. The molecular weight excluding hydrogens is 202 g/mol. The van der Waals surface area contributed by atoms with E-state index in [4.69, 9.17) is 0 Å². The Labute approximate surface area is 97.9 Å². The SMILES string of the molecule is Cc1ccc(CC(C)NCC(C)(C)C)s1. The maximum absolute atomic E-state index is 3.59. The van der Waals surface area contributed by atoms with Crippen molar-refractivity contribution in [2.24, 2.45) is 5.41 Å². The zero-order valence-electron chi connectivity index (χ0n) is 10.6. The first-order chi connectivity index (χ1) is 6.87. The molecule has 1 nitrogen and oxygen atoms in total. The molecule has 1 heterocycles. The van der Waals surface area contributed by atoms with E-state index >= 15 is 0 Å². The second-order valence-electron chi connectivity index (χ2n) is 5.56. The summed E-state index contributed by atoms with van der Waals surface area (Å²) in [7, 11) is 0. The molecule has 0 bridgehead atoms. The first-order valence-electron chi connectivity index (χ1n) is 5.65. The van der Waals surface area contributed by atoms with Crippen molar-refractivity contribution in [2.45, 2.75) is 47.1 Å². The minimum Gasteiger partial charge on any atom is -0.313 e. The lowest BCUT2D eigenvalue weighted by Gasteiger charge is -2.22. The standard InChI is InChI=1S/C13H23NS/c1-10(14-9-13(3,4)5)8-12-7-6-11(2)15-12/h6-7,10,14H,8-9H2,1-5H3. The fraction of sp³-hybridized carbons (Fsp3) is 0.692. The highest BCUT2D eigenvalue weighted by Crippen LogP contribution is 2.17. The number of nitrogens with one attached hydrogen (secondary N) is 1. The van der Waals surface area contributed by atoms with Gasteiger partial charge in [0.1, 0.15) is 0 Å². The van der Waals surface area contributed by atoms with Crippen molar-refractivity contribution >= 4 is 11.3 Å². The summed E-state index contributed by atoms with van der Waals surface area (Å²) in [6.45, 7) is 12.3. The van der Waals surface area contributed by atoms with Gasteiger partial charge in [-0.25, -0.2) is 0 Å². The van der Waals surface area contributed by atoms with E-state index in [0.29, 0.717) is 11.5 Å². The number of hydrogen-bond donors (Lipinski definition) is 1. The van der Waals surface area contributed by atoms with E-state index < -0.39 is 0 Å². The third kappa shape index (κ3) is 5.33. The molecule has 0 aliphatic rings. The monoisotopic (exact) mass is 225 g/mol. The molecule has 0 radical (unpaired) electrons. The van der Waals surface area contributed by atoms with Crippen LogP contribution in [0.5, 0.6) is 0 Å². The lowest BCUT2D eigenvalue weighted by molar-refractivity contribution is 0.356. The molecule has 2 heteroatoms. The number of thiophene rings is 1. The zero-order chi connectivity index (χ0) is 11.5. The number of hydrogen-bond acceptors (Lipinski definition) is 2. The van der Waals surface area contributed by atoms with E-state index in [1.807, 2.05) is 11.3 Å². The van der Waals surface area contributed by atoms with Crippen LogP contribution < -0.4 is 5.32 Å². The highest BCUT2D eigenvalue weighted by atomic mass is 32.1. The first-order valence-corrected chi connectivity index (χ1v) is 6.47. The molecule has 1 atom stereocenters. The van der Waals surface area contributed by atoms with Gasteiger partial charge in [0, 0.05) is 22.3 Å². The average molecular weight is 225 g/mol. The van der Waals surface area contributed by atoms with Crippen LogP contribution in [0.1, 0.15) is 37.4 Å². The predicted octanol–water partition coefficient (Wildman–Crippen LogP) is 3.62. The van der Waals surface area contributed by atoms with Gasteiger partial charge in [-0.15, -0.1) is 11.3 Å². The van der Waals surface area contributed by atoms with Crippen molar-refractivity contribution in [3.8, 4) is 0 Å². The van der Waals surface area contributed by atoms with E-state index in [9.17, 15) is 0 Å². The fourth-order valence-electron chi connectivity index (χ4n) is 1.45. The summed E-state index contributed by atoms with van der Waals surface area (Å²) in [5.74, 6) is 0. The second kappa shape index (κ2) is 5.13. The molecular formula is C13H23NS. The Kier molecular flexibility index (Phi) is 4.35. The van der Waals surface area contributed by atoms with Gasteiger partial charge in [-0.05, 0) is 37.8 Å². The Balaban J connectivity index is 2.33. The van der Waals surface area contributed by atoms with E-state index in [-0.39, 0.29) is 0 Å². The van der Waals surface area contributed by atoms with Crippen molar-refractivity contribution < 1.29 is 0 Å². The van der Waals surface area contributed by atoms with Gasteiger partial charge in [-0.1, -0.05) is 20.8 Å². The number of aryl methyl sites for hydroxylation is 1. The molecule has 86 valence electrons. The summed E-state index contributed by atoms with van der Waals surface area (Å²) in [5.41, 5.74) is 0.375. The molecule has 0 saturated heterocycles. The molecule has 0 aliphatic carbocycles. The normalized spacial score (nSPS) is 14.2. The highest BCUT2D eigenvalue weighted by molar-refractivity contribution is 7.11. The van der Waals surface area contributed by atoms with Crippen LogP contribution >= 0.6 is 11.3 Å². The summed E-state index contributed by atoms with van der Waals surface area (Å²) < 4.78 is 0. The van der Waals surface area contributed by atoms with Crippen LogP contribution in [0.2, 0.25) is 0 Å². The zero-order valence-corrected chi connectivity index (χ0v) is 11.4. The molecule has 0 aromatic carbocycles.